The molecule has 0 bridgehead atoms. The lowest BCUT2D eigenvalue weighted by Crippen LogP contribution is -2.37. The van der Waals surface area contributed by atoms with E-state index >= 15 is 0 Å². The maximum atomic E-state index is 5.53. The maximum absolute atomic E-state index is 5.53. The number of benzene rings is 1. The second-order valence-corrected chi connectivity index (χ2v) is 7.92. The van der Waals surface area contributed by atoms with Gasteiger partial charge in [-0.15, -0.1) is 0 Å². The van der Waals surface area contributed by atoms with Crippen molar-refractivity contribution in [2.45, 2.75) is 13.5 Å². The normalized spacial score (nSPS) is 14.3. The van der Waals surface area contributed by atoms with Crippen molar-refractivity contribution < 1.29 is 9.47 Å². The van der Waals surface area contributed by atoms with Crippen LogP contribution in [0.5, 0.6) is 0 Å². The van der Waals surface area contributed by atoms with Gasteiger partial charge in [0, 0.05) is 62.1 Å². The van der Waals surface area contributed by atoms with Gasteiger partial charge in [0.15, 0.2) is 5.82 Å². The molecule has 1 aromatic carbocycles. The molecule has 1 aliphatic heterocycles. The van der Waals surface area contributed by atoms with Crippen LogP contribution >= 0.6 is 0 Å². The zero-order chi connectivity index (χ0) is 22.6. The number of fused-ring (bicyclic) bond motifs is 1. The smallest absolute Gasteiger partial charge is 0.240 e. The van der Waals surface area contributed by atoms with Gasteiger partial charge in [-0.1, -0.05) is 12.1 Å². The largest absolute Gasteiger partial charge is 0.383 e. The average Bonchev–Trinajstić information content (AvgIpc) is 3.48. The van der Waals surface area contributed by atoms with Gasteiger partial charge in [-0.2, -0.15) is 15.0 Å². The highest BCUT2D eigenvalue weighted by Gasteiger charge is 2.20. The standard InChI is InChI=1S/C23H28N8O2/c1-16-26-17(14-24-8-11-32-2)15-31(16)23-28-21(19-4-3-5-20-18(19)6-7-25-20)27-22(29-23)30-9-12-33-13-10-30/h3-7,15,24-25H,8-14H2,1-2H3. The van der Waals surface area contributed by atoms with Gasteiger partial charge in [-0.3, -0.25) is 4.57 Å². The molecule has 1 saturated heterocycles. The van der Waals surface area contributed by atoms with E-state index in [4.69, 9.17) is 29.4 Å². The van der Waals surface area contributed by atoms with E-state index in [-0.39, 0.29) is 0 Å². The fourth-order valence-electron chi connectivity index (χ4n) is 3.98. The van der Waals surface area contributed by atoms with Crippen LogP contribution in [-0.2, 0) is 16.0 Å². The van der Waals surface area contributed by atoms with Crippen LogP contribution in [0.2, 0.25) is 0 Å². The molecule has 10 nitrogen and oxygen atoms in total. The van der Waals surface area contributed by atoms with Crippen molar-refractivity contribution in [3.05, 3.63) is 48.2 Å². The van der Waals surface area contributed by atoms with Crippen molar-refractivity contribution in [3.63, 3.8) is 0 Å². The molecule has 2 N–H and O–H groups in total. The van der Waals surface area contributed by atoms with Crippen LogP contribution in [-0.4, -0.2) is 76.1 Å². The van der Waals surface area contributed by atoms with E-state index in [0.717, 1.165) is 47.6 Å². The highest BCUT2D eigenvalue weighted by atomic mass is 16.5. The quantitative estimate of drug-likeness (QED) is 0.395. The van der Waals surface area contributed by atoms with Crippen molar-refractivity contribution in [2.75, 3.05) is 51.5 Å². The number of aromatic nitrogens is 6. The maximum Gasteiger partial charge on any atom is 0.240 e. The third-order valence-corrected chi connectivity index (χ3v) is 5.68. The minimum Gasteiger partial charge on any atom is -0.383 e. The number of rotatable bonds is 8. The number of aromatic amines is 1. The monoisotopic (exact) mass is 448 g/mol. The van der Waals surface area contributed by atoms with E-state index in [9.17, 15) is 0 Å². The summed E-state index contributed by atoms with van der Waals surface area (Å²) < 4.78 is 12.6. The number of ether oxygens (including phenoxy) is 2. The molecule has 0 saturated carbocycles. The van der Waals surface area contributed by atoms with E-state index in [1.54, 1.807) is 7.11 Å². The minimum atomic E-state index is 0.558. The third kappa shape index (κ3) is 4.58. The van der Waals surface area contributed by atoms with E-state index in [1.807, 2.05) is 42.1 Å². The second-order valence-electron chi connectivity index (χ2n) is 7.92. The molecule has 3 aromatic heterocycles. The Morgan fingerprint density at radius 2 is 1.94 bits per heavy atom. The summed E-state index contributed by atoms with van der Waals surface area (Å²) in [6.07, 6.45) is 3.91. The van der Waals surface area contributed by atoms with Gasteiger partial charge >= 0.3 is 0 Å². The first kappa shape index (κ1) is 21.5. The van der Waals surface area contributed by atoms with Gasteiger partial charge in [0.1, 0.15) is 5.82 Å². The second kappa shape index (κ2) is 9.65. The Labute approximate surface area is 192 Å². The Bertz CT molecular complexity index is 1230. The van der Waals surface area contributed by atoms with Gasteiger partial charge < -0.3 is 24.7 Å². The molecule has 1 aliphatic rings. The summed E-state index contributed by atoms with van der Waals surface area (Å²) in [6.45, 7) is 6.84. The SMILES string of the molecule is COCCNCc1cn(-c2nc(-c3cccc4[nH]ccc34)nc(N3CCOCC3)n2)c(C)n1. The predicted octanol–water partition coefficient (Wildman–Crippen LogP) is 2.09. The zero-order valence-corrected chi connectivity index (χ0v) is 18.9. The molecular weight excluding hydrogens is 420 g/mol. The lowest BCUT2D eigenvalue weighted by atomic mass is 10.1. The number of methoxy groups -OCH3 is 1. The topological polar surface area (TPSA) is 106 Å². The first-order valence-electron chi connectivity index (χ1n) is 11.1. The summed E-state index contributed by atoms with van der Waals surface area (Å²) in [5, 5.41) is 4.41. The van der Waals surface area contributed by atoms with E-state index in [2.05, 4.69) is 21.3 Å². The predicted molar refractivity (Wildman–Crippen MR) is 126 cm³/mol. The molecule has 0 spiro atoms. The van der Waals surface area contributed by atoms with Crippen LogP contribution in [0, 0.1) is 6.92 Å². The highest BCUT2D eigenvalue weighted by Crippen LogP contribution is 2.27. The third-order valence-electron chi connectivity index (χ3n) is 5.68. The highest BCUT2D eigenvalue weighted by molar-refractivity contribution is 5.93. The van der Waals surface area contributed by atoms with Crippen LogP contribution in [0.25, 0.3) is 28.2 Å². The van der Waals surface area contributed by atoms with Crippen molar-refractivity contribution in [1.82, 2.24) is 34.8 Å². The number of morpholine rings is 1. The zero-order valence-electron chi connectivity index (χ0n) is 18.9. The summed E-state index contributed by atoms with van der Waals surface area (Å²) in [5.74, 6) is 2.67. The van der Waals surface area contributed by atoms with E-state index in [0.29, 0.717) is 44.1 Å². The van der Waals surface area contributed by atoms with Gasteiger partial charge in [0.2, 0.25) is 11.9 Å². The molecule has 4 aromatic rings. The van der Waals surface area contributed by atoms with Crippen LogP contribution in [0.15, 0.2) is 36.7 Å². The van der Waals surface area contributed by atoms with Crippen LogP contribution in [0.4, 0.5) is 5.95 Å². The molecule has 1 fully saturated rings. The number of anilines is 1. The lowest BCUT2D eigenvalue weighted by Gasteiger charge is -2.27. The number of hydrogen-bond donors (Lipinski definition) is 2. The van der Waals surface area contributed by atoms with E-state index in [1.165, 1.54) is 0 Å². The summed E-state index contributed by atoms with van der Waals surface area (Å²) in [7, 11) is 1.69. The number of aryl methyl sites for hydroxylation is 1. The fraction of sp³-hybridized carbons (Fsp3) is 0.391. The van der Waals surface area contributed by atoms with Crippen molar-refractivity contribution in [1.29, 1.82) is 0 Å². The number of imidazole rings is 1. The average molecular weight is 449 g/mol. The molecule has 5 rings (SSSR count). The van der Waals surface area contributed by atoms with Crippen LogP contribution in [0.3, 0.4) is 0 Å². The lowest BCUT2D eigenvalue weighted by molar-refractivity contribution is 0.122. The molecule has 0 unspecified atom stereocenters. The van der Waals surface area contributed by atoms with Crippen LogP contribution < -0.4 is 10.2 Å². The first-order chi connectivity index (χ1) is 16.2. The summed E-state index contributed by atoms with van der Waals surface area (Å²) >= 11 is 0. The molecule has 0 radical (unpaired) electrons. The molecular formula is C23H28N8O2. The molecule has 0 aliphatic carbocycles. The van der Waals surface area contributed by atoms with Gasteiger partial charge in [-0.05, 0) is 19.1 Å². The van der Waals surface area contributed by atoms with E-state index < -0.39 is 0 Å². The Morgan fingerprint density at radius 1 is 1.09 bits per heavy atom. The van der Waals surface area contributed by atoms with Crippen LogP contribution in [0.1, 0.15) is 11.5 Å². The van der Waals surface area contributed by atoms with Gasteiger partial charge in [-0.25, -0.2) is 4.98 Å². The first-order valence-corrected chi connectivity index (χ1v) is 11.1. The summed E-state index contributed by atoms with van der Waals surface area (Å²) in [6, 6.07) is 8.16. The molecule has 4 heterocycles. The summed E-state index contributed by atoms with van der Waals surface area (Å²) in [4.78, 5) is 24.7. The molecule has 0 atom stereocenters. The molecule has 10 heteroatoms. The number of hydrogen-bond acceptors (Lipinski definition) is 8. The van der Waals surface area contributed by atoms with Gasteiger partial charge in [0.25, 0.3) is 0 Å². The minimum absolute atomic E-state index is 0.558. The Morgan fingerprint density at radius 3 is 2.79 bits per heavy atom. The number of H-pyrrole nitrogens is 1. The molecule has 0 amide bonds. The Kier molecular flexibility index (Phi) is 6.29. The fourth-order valence-corrected chi connectivity index (χ4v) is 3.98. The Balaban J connectivity index is 1.55. The number of nitrogens with zero attached hydrogens (tertiary/aromatic N) is 6. The Hall–Kier alpha value is -3.34. The molecule has 33 heavy (non-hydrogen) atoms. The van der Waals surface area contributed by atoms with Crippen molar-refractivity contribution in [2.24, 2.45) is 0 Å². The van der Waals surface area contributed by atoms with Gasteiger partial charge in [0.05, 0.1) is 25.5 Å². The number of nitrogens with one attached hydrogen (secondary N) is 2. The summed E-state index contributed by atoms with van der Waals surface area (Å²) in [5.41, 5.74) is 2.93. The van der Waals surface area contributed by atoms with Crippen molar-refractivity contribution >= 4 is 16.9 Å². The van der Waals surface area contributed by atoms with Crippen molar-refractivity contribution in [3.8, 4) is 17.3 Å². The molecule has 172 valence electrons.